The Morgan fingerprint density at radius 2 is 2.43 bits per heavy atom. The van der Waals surface area contributed by atoms with Crippen molar-refractivity contribution in [1.82, 2.24) is 4.98 Å². The lowest BCUT2D eigenvalue weighted by atomic mass is 10.3. The van der Waals surface area contributed by atoms with E-state index in [-0.39, 0.29) is 0 Å². The van der Waals surface area contributed by atoms with Gasteiger partial charge in [-0.15, -0.1) is 6.42 Å². The molecule has 0 aromatic carbocycles. The van der Waals surface area contributed by atoms with Gasteiger partial charge in [0.15, 0.2) is 0 Å². The van der Waals surface area contributed by atoms with E-state index in [1.54, 1.807) is 12.3 Å². The average Bonchev–Trinajstić information content (AvgIpc) is 2.17. The van der Waals surface area contributed by atoms with Gasteiger partial charge in [0.05, 0.1) is 11.6 Å². The smallest absolute Gasteiger partial charge is 0.147 e. The van der Waals surface area contributed by atoms with Gasteiger partial charge in [0.1, 0.15) is 5.82 Å². The summed E-state index contributed by atoms with van der Waals surface area (Å²) < 4.78 is 0. The van der Waals surface area contributed by atoms with Gasteiger partial charge in [-0.25, -0.2) is 4.98 Å². The molecule has 1 heterocycles. The number of hydrogen-bond acceptors (Lipinski definition) is 3. The van der Waals surface area contributed by atoms with E-state index in [9.17, 15) is 0 Å². The van der Waals surface area contributed by atoms with Crippen molar-refractivity contribution in [2.45, 2.75) is 6.54 Å². The van der Waals surface area contributed by atoms with E-state index in [4.69, 9.17) is 23.8 Å². The number of nitrogens with zero attached hydrogens (tertiary/aromatic N) is 2. The van der Waals surface area contributed by atoms with Crippen LogP contribution in [0.2, 0.25) is 5.02 Å². The number of rotatable bonds is 3. The first kappa shape index (κ1) is 10.8. The standard InChI is InChI=1S/C10H12ClN3/c1-3-4-14(2)10-9(11)5-8(6-12)7-13-10/h1,5,7H,4,6,12H2,2H3. The van der Waals surface area contributed by atoms with E-state index in [0.29, 0.717) is 23.9 Å². The zero-order chi connectivity index (χ0) is 10.6. The van der Waals surface area contributed by atoms with Crippen molar-refractivity contribution in [2.75, 3.05) is 18.5 Å². The van der Waals surface area contributed by atoms with E-state index >= 15 is 0 Å². The monoisotopic (exact) mass is 209 g/mol. The zero-order valence-electron chi connectivity index (χ0n) is 8.00. The highest BCUT2D eigenvalue weighted by atomic mass is 35.5. The Labute approximate surface area is 88.9 Å². The lowest BCUT2D eigenvalue weighted by Crippen LogP contribution is -2.19. The molecule has 0 bridgehead atoms. The van der Waals surface area contributed by atoms with Crippen LogP contribution in [-0.2, 0) is 6.54 Å². The van der Waals surface area contributed by atoms with Gasteiger partial charge in [-0.1, -0.05) is 17.5 Å². The number of hydrogen-bond donors (Lipinski definition) is 1. The summed E-state index contributed by atoms with van der Waals surface area (Å²) >= 11 is 6.01. The first-order chi connectivity index (χ1) is 6.69. The molecule has 0 fully saturated rings. The van der Waals surface area contributed by atoms with E-state index < -0.39 is 0 Å². The Kier molecular flexibility index (Phi) is 3.75. The van der Waals surface area contributed by atoms with Crippen LogP contribution in [0.3, 0.4) is 0 Å². The summed E-state index contributed by atoms with van der Waals surface area (Å²) in [6.45, 7) is 0.917. The predicted octanol–water partition coefficient (Wildman–Crippen LogP) is 1.26. The van der Waals surface area contributed by atoms with Gasteiger partial charge < -0.3 is 10.6 Å². The lowest BCUT2D eigenvalue weighted by molar-refractivity contribution is 0.984. The number of nitrogens with two attached hydrogens (primary N) is 1. The van der Waals surface area contributed by atoms with Crippen molar-refractivity contribution < 1.29 is 0 Å². The molecule has 0 atom stereocenters. The van der Waals surface area contributed by atoms with Crippen LogP contribution in [0.1, 0.15) is 5.56 Å². The third-order valence-corrected chi connectivity index (χ3v) is 2.08. The molecule has 1 aromatic heterocycles. The summed E-state index contributed by atoms with van der Waals surface area (Å²) in [6, 6.07) is 1.80. The molecule has 3 nitrogen and oxygen atoms in total. The van der Waals surface area contributed by atoms with Gasteiger partial charge in [0.25, 0.3) is 0 Å². The molecule has 0 aliphatic carbocycles. The van der Waals surface area contributed by atoms with E-state index in [1.165, 1.54) is 0 Å². The molecule has 14 heavy (non-hydrogen) atoms. The van der Waals surface area contributed by atoms with Crippen LogP contribution in [-0.4, -0.2) is 18.6 Å². The summed E-state index contributed by atoms with van der Waals surface area (Å²) in [5.41, 5.74) is 6.37. The average molecular weight is 210 g/mol. The van der Waals surface area contributed by atoms with Crippen LogP contribution in [0.5, 0.6) is 0 Å². The summed E-state index contributed by atoms with van der Waals surface area (Å²) in [6.07, 6.45) is 6.89. The van der Waals surface area contributed by atoms with Crippen molar-refractivity contribution in [3.05, 3.63) is 22.8 Å². The van der Waals surface area contributed by atoms with Gasteiger partial charge in [-0.3, -0.25) is 0 Å². The molecule has 0 aliphatic rings. The third-order valence-electron chi connectivity index (χ3n) is 1.80. The van der Waals surface area contributed by atoms with Crippen molar-refractivity contribution in [2.24, 2.45) is 5.73 Å². The molecule has 0 aliphatic heterocycles. The second kappa shape index (κ2) is 4.85. The van der Waals surface area contributed by atoms with Crippen molar-refractivity contribution >= 4 is 17.4 Å². The van der Waals surface area contributed by atoms with E-state index in [0.717, 1.165) is 5.56 Å². The highest BCUT2D eigenvalue weighted by Crippen LogP contribution is 2.22. The fourth-order valence-corrected chi connectivity index (χ4v) is 1.41. The number of aromatic nitrogens is 1. The topological polar surface area (TPSA) is 42.2 Å². The molecule has 0 amide bonds. The van der Waals surface area contributed by atoms with Gasteiger partial charge in [0.2, 0.25) is 0 Å². The second-order valence-electron chi connectivity index (χ2n) is 2.91. The van der Waals surface area contributed by atoms with Gasteiger partial charge in [0, 0.05) is 19.8 Å². The first-order valence-corrected chi connectivity index (χ1v) is 4.56. The maximum Gasteiger partial charge on any atom is 0.147 e. The molecule has 1 aromatic rings. The minimum Gasteiger partial charge on any atom is -0.347 e. The van der Waals surface area contributed by atoms with Crippen molar-refractivity contribution in [3.8, 4) is 12.3 Å². The van der Waals surface area contributed by atoms with Crippen LogP contribution < -0.4 is 10.6 Å². The Morgan fingerprint density at radius 3 is 2.93 bits per heavy atom. The summed E-state index contributed by atoms with van der Waals surface area (Å²) in [5.74, 6) is 3.21. The molecule has 0 saturated carbocycles. The summed E-state index contributed by atoms with van der Waals surface area (Å²) in [7, 11) is 1.84. The molecule has 4 heteroatoms. The molecule has 2 N–H and O–H groups in total. The molecular weight excluding hydrogens is 198 g/mol. The predicted molar refractivity (Wildman–Crippen MR) is 59.2 cm³/mol. The fourth-order valence-electron chi connectivity index (χ4n) is 1.07. The Hall–Kier alpha value is -1.24. The van der Waals surface area contributed by atoms with E-state index in [1.807, 2.05) is 11.9 Å². The Morgan fingerprint density at radius 1 is 1.71 bits per heavy atom. The quantitative estimate of drug-likeness (QED) is 0.763. The molecule has 0 radical (unpaired) electrons. The highest BCUT2D eigenvalue weighted by Gasteiger charge is 2.06. The number of anilines is 1. The Bertz CT molecular complexity index is 357. The maximum atomic E-state index is 6.01. The number of halogens is 1. The van der Waals surface area contributed by atoms with Gasteiger partial charge >= 0.3 is 0 Å². The third kappa shape index (κ3) is 2.38. The first-order valence-electron chi connectivity index (χ1n) is 4.18. The molecule has 0 saturated heterocycles. The molecule has 0 spiro atoms. The largest absolute Gasteiger partial charge is 0.347 e. The van der Waals surface area contributed by atoms with Crippen molar-refractivity contribution in [1.29, 1.82) is 0 Å². The minimum absolute atomic E-state index is 0.436. The molecule has 0 unspecified atom stereocenters. The van der Waals surface area contributed by atoms with E-state index in [2.05, 4.69) is 10.9 Å². The van der Waals surface area contributed by atoms with Crippen LogP contribution in [0.15, 0.2) is 12.3 Å². The van der Waals surface area contributed by atoms with Crippen LogP contribution in [0, 0.1) is 12.3 Å². The number of pyridine rings is 1. The van der Waals surface area contributed by atoms with Gasteiger partial charge in [-0.05, 0) is 11.6 Å². The Balaban J connectivity index is 2.94. The molecule has 74 valence electrons. The van der Waals surface area contributed by atoms with Crippen LogP contribution in [0.25, 0.3) is 0 Å². The molecular formula is C10H12ClN3. The van der Waals surface area contributed by atoms with Crippen LogP contribution in [0.4, 0.5) is 5.82 Å². The molecule has 1 rings (SSSR count). The highest BCUT2D eigenvalue weighted by molar-refractivity contribution is 6.33. The lowest BCUT2D eigenvalue weighted by Gasteiger charge is -2.16. The normalized spacial score (nSPS) is 9.57. The second-order valence-corrected chi connectivity index (χ2v) is 3.32. The van der Waals surface area contributed by atoms with Gasteiger partial charge in [-0.2, -0.15) is 0 Å². The number of terminal acetylenes is 1. The minimum atomic E-state index is 0.436. The fraction of sp³-hybridized carbons (Fsp3) is 0.300. The van der Waals surface area contributed by atoms with Crippen molar-refractivity contribution in [3.63, 3.8) is 0 Å². The summed E-state index contributed by atoms with van der Waals surface area (Å²) in [4.78, 5) is 5.99. The SMILES string of the molecule is C#CCN(C)c1ncc(CN)cc1Cl. The summed E-state index contributed by atoms with van der Waals surface area (Å²) in [5, 5.41) is 0.575. The maximum absolute atomic E-state index is 6.01. The van der Waals surface area contributed by atoms with Crippen LogP contribution >= 0.6 is 11.6 Å². The zero-order valence-corrected chi connectivity index (χ0v) is 8.75.